The van der Waals surface area contributed by atoms with Gasteiger partial charge >= 0.3 is 0 Å². The Morgan fingerprint density at radius 1 is 1.23 bits per heavy atom. The van der Waals surface area contributed by atoms with Gasteiger partial charge in [0.25, 0.3) is 11.8 Å². The fourth-order valence-corrected chi connectivity index (χ4v) is 3.23. The number of hydrogen-bond acceptors (Lipinski definition) is 5. The molecular formula is C18H18ClN4O3+. The van der Waals surface area contributed by atoms with Crippen LogP contribution in [0.4, 0.5) is 0 Å². The first-order valence-electron chi connectivity index (χ1n) is 8.44. The van der Waals surface area contributed by atoms with Crippen molar-refractivity contribution in [2.45, 2.75) is 6.54 Å². The van der Waals surface area contributed by atoms with Gasteiger partial charge in [-0.1, -0.05) is 28.9 Å². The predicted octanol–water partition coefficient (Wildman–Crippen LogP) is 1.52. The highest BCUT2D eigenvalue weighted by atomic mass is 35.5. The first-order chi connectivity index (χ1) is 12.7. The van der Waals surface area contributed by atoms with E-state index in [9.17, 15) is 4.79 Å². The number of rotatable bonds is 4. The Balaban J connectivity index is 1.34. The van der Waals surface area contributed by atoms with Crippen molar-refractivity contribution in [1.29, 1.82) is 0 Å². The van der Waals surface area contributed by atoms with Gasteiger partial charge in [0.1, 0.15) is 0 Å². The van der Waals surface area contributed by atoms with Crippen molar-refractivity contribution in [3.05, 3.63) is 59.3 Å². The number of benzene rings is 1. The average Bonchev–Trinajstić information content (AvgIpc) is 3.34. The molecule has 0 aliphatic carbocycles. The Labute approximate surface area is 155 Å². The number of nitrogens with one attached hydrogen (secondary N) is 1. The van der Waals surface area contributed by atoms with Crippen LogP contribution in [0.2, 0.25) is 5.02 Å². The number of hydrogen-bond donors (Lipinski definition) is 1. The maximum atomic E-state index is 12.3. The number of quaternary nitrogens is 1. The van der Waals surface area contributed by atoms with E-state index >= 15 is 0 Å². The molecule has 0 spiro atoms. The Bertz CT molecular complexity index is 885. The van der Waals surface area contributed by atoms with Gasteiger partial charge in [-0.25, -0.2) is 0 Å². The molecule has 2 aromatic heterocycles. The summed E-state index contributed by atoms with van der Waals surface area (Å²) in [7, 11) is 0. The second-order valence-electron chi connectivity index (χ2n) is 6.22. The minimum atomic E-state index is -0.0601. The highest BCUT2D eigenvalue weighted by molar-refractivity contribution is 6.30. The lowest BCUT2D eigenvalue weighted by Crippen LogP contribution is -3.13. The quantitative estimate of drug-likeness (QED) is 0.750. The van der Waals surface area contributed by atoms with Crippen molar-refractivity contribution >= 4 is 17.5 Å². The molecule has 1 fully saturated rings. The monoisotopic (exact) mass is 373 g/mol. The summed E-state index contributed by atoms with van der Waals surface area (Å²) in [5.41, 5.74) is 0.830. The maximum Gasteiger partial charge on any atom is 0.289 e. The number of carbonyl (C=O) groups excluding carboxylic acids is 1. The summed E-state index contributed by atoms with van der Waals surface area (Å²) in [6.45, 7) is 3.62. The molecule has 0 bridgehead atoms. The van der Waals surface area contributed by atoms with E-state index in [1.807, 2.05) is 23.1 Å². The lowest BCUT2D eigenvalue weighted by atomic mass is 10.2. The fourth-order valence-electron chi connectivity index (χ4n) is 3.04. The molecule has 1 amide bonds. The Morgan fingerprint density at radius 2 is 2.08 bits per heavy atom. The Kier molecular flexibility index (Phi) is 4.73. The van der Waals surface area contributed by atoms with Gasteiger partial charge in [-0.15, -0.1) is 0 Å². The number of piperazine rings is 1. The maximum absolute atomic E-state index is 12.3. The molecule has 1 N–H and O–H groups in total. The normalized spacial score (nSPS) is 15.3. The summed E-state index contributed by atoms with van der Waals surface area (Å²) < 4.78 is 10.6. The van der Waals surface area contributed by atoms with Crippen LogP contribution in [-0.2, 0) is 6.54 Å². The van der Waals surface area contributed by atoms with E-state index in [1.165, 1.54) is 11.2 Å². The highest BCUT2D eigenvalue weighted by Crippen LogP contribution is 2.19. The minimum Gasteiger partial charge on any atom is -0.459 e. The van der Waals surface area contributed by atoms with E-state index in [4.69, 9.17) is 20.5 Å². The van der Waals surface area contributed by atoms with Gasteiger partial charge < -0.3 is 18.7 Å². The standard InChI is InChI=1S/C18H17ClN4O3/c19-14-4-1-3-13(11-14)17-20-16(26-21-17)12-22-6-8-23(9-7-22)18(24)15-5-2-10-25-15/h1-5,10-11H,6-9,12H2/p+1. The van der Waals surface area contributed by atoms with E-state index < -0.39 is 0 Å². The molecule has 0 radical (unpaired) electrons. The topological polar surface area (TPSA) is 76.8 Å². The van der Waals surface area contributed by atoms with Gasteiger partial charge in [-0.05, 0) is 24.3 Å². The van der Waals surface area contributed by atoms with Crippen LogP contribution in [0.1, 0.15) is 16.4 Å². The number of halogens is 1. The summed E-state index contributed by atoms with van der Waals surface area (Å²) in [6, 6.07) is 10.8. The smallest absolute Gasteiger partial charge is 0.289 e. The molecule has 4 rings (SSSR count). The van der Waals surface area contributed by atoms with Crippen LogP contribution >= 0.6 is 11.6 Å². The van der Waals surface area contributed by atoms with Crippen molar-refractivity contribution in [3.8, 4) is 11.4 Å². The van der Waals surface area contributed by atoms with Gasteiger partial charge in [0.05, 0.1) is 32.4 Å². The zero-order valence-electron chi connectivity index (χ0n) is 14.0. The average molecular weight is 374 g/mol. The number of carbonyl (C=O) groups is 1. The molecule has 26 heavy (non-hydrogen) atoms. The lowest BCUT2D eigenvalue weighted by molar-refractivity contribution is -0.918. The van der Waals surface area contributed by atoms with Crippen molar-refractivity contribution in [3.63, 3.8) is 0 Å². The van der Waals surface area contributed by atoms with Gasteiger partial charge in [0, 0.05) is 10.6 Å². The van der Waals surface area contributed by atoms with Gasteiger partial charge in [-0.2, -0.15) is 4.98 Å². The van der Waals surface area contributed by atoms with Crippen LogP contribution in [0.3, 0.4) is 0 Å². The first kappa shape index (κ1) is 16.8. The second kappa shape index (κ2) is 7.31. The SMILES string of the molecule is O=C(c1ccco1)N1CC[NH+](Cc2nc(-c3cccc(Cl)c3)no2)CC1. The number of amides is 1. The number of furan rings is 1. The third-order valence-electron chi connectivity index (χ3n) is 4.44. The molecule has 8 heteroatoms. The lowest BCUT2D eigenvalue weighted by Gasteiger charge is -2.30. The second-order valence-corrected chi connectivity index (χ2v) is 6.65. The van der Waals surface area contributed by atoms with Gasteiger partial charge in [-0.3, -0.25) is 4.79 Å². The summed E-state index contributed by atoms with van der Waals surface area (Å²) in [5, 5.41) is 4.67. The van der Waals surface area contributed by atoms with Crippen molar-refractivity contribution in [1.82, 2.24) is 15.0 Å². The zero-order chi connectivity index (χ0) is 17.9. The van der Waals surface area contributed by atoms with Crippen LogP contribution < -0.4 is 4.90 Å². The van der Waals surface area contributed by atoms with E-state index in [-0.39, 0.29) is 5.91 Å². The summed E-state index contributed by atoms with van der Waals surface area (Å²) in [4.78, 5) is 19.9. The zero-order valence-corrected chi connectivity index (χ0v) is 14.8. The number of aromatic nitrogens is 2. The largest absolute Gasteiger partial charge is 0.459 e. The van der Waals surface area contributed by atoms with Gasteiger partial charge in [0.15, 0.2) is 12.3 Å². The molecule has 0 saturated carbocycles. The predicted molar refractivity (Wildman–Crippen MR) is 93.8 cm³/mol. The summed E-state index contributed by atoms with van der Waals surface area (Å²) >= 11 is 6.00. The summed E-state index contributed by atoms with van der Waals surface area (Å²) in [5.74, 6) is 1.45. The molecular weight excluding hydrogens is 356 g/mol. The van der Waals surface area contributed by atoms with Crippen LogP contribution in [0.25, 0.3) is 11.4 Å². The Hall–Kier alpha value is -2.64. The molecule has 1 aromatic carbocycles. The van der Waals surface area contributed by atoms with E-state index in [2.05, 4.69) is 10.1 Å². The third kappa shape index (κ3) is 3.63. The summed E-state index contributed by atoms with van der Waals surface area (Å²) in [6.07, 6.45) is 1.52. The molecule has 3 aromatic rings. The Morgan fingerprint density at radius 3 is 2.81 bits per heavy atom. The van der Waals surface area contributed by atoms with Crippen molar-refractivity contribution < 1.29 is 18.6 Å². The molecule has 3 heterocycles. The van der Waals surface area contributed by atoms with Crippen molar-refractivity contribution in [2.24, 2.45) is 0 Å². The van der Waals surface area contributed by atoms with Crippen LogP contribution in [0.15, 0.2) is 51.6 Å². The molecule has 134 valence electrons. The fraction of sp³-hybridized carbons (Fsp3) is 0.278. The van der Waals surface area contributed by atoms with E-state index in [0.29, 0.717) is 42.1 Å². The van der Waals surface area contributed by atoms with Crippen LogP contribution in [0, 0.1) is 0 Å². The minimum absolute atomic E-state index is 0.0601. The van der Waals surface area contributed by atoms with Crippen LogP contribution in [0.5, 0.6) is 0 Å². The third-order valence-corrected chi connectivity index (χ3v) is 4.68. The highest BCUT2D eigenvalue weighted by Gasteiger charge is 2.27. The van der Waals surface area contributed by atoms with E-state index in [0.717, 1.165) is 18.7 Å². The van der Waals surface area contributed by atoms with E-state index in [1.54, 1.807) is 18.2 Å². The molecule has 1 aliphatic heterocycles. The van der Waals surface area contributed by atoms with Gasteiger partial charge in [0.2, 0.25) is 5.82 Å². The van der Waals surface area contributed by atoms with Crippen molar-refractivity contribution in [2.75, 3.05) is 26.2 Å². The first-order valence-corrected chi connectivity index (χ1v) is 8.82. The molecule has 1 saturated heterocycles. The molecule has 1 aliphatic rings. The molecule has 0 atom stereocenters. The number of nitrogens with zero attached hydrogens (tertiary/aromatic N) is 3. The molecule has 0 unspecified atom stereocenters. The van der Waals surface area contributed by atoms with Crippen LogP contribution in [-0.4, -0.2) is 47.1 Å². The molecule has 7 nitrogen and oxygen atoms in total.